The third-order valence-corrected chi connectivity index (χ3v) is 6.65. The number of hydrogen-bond donors (Lipinski definition) is 1. The summed E-state index contributed by atoms with van der Waals surface area (Å²) in [5, 5.41) is 10.5. The van der Waals surface area contributed by atoms with Gasteiger partial charge in [0.05, 0.1) is 18.8 Å². The standard InChI is InChI=1S/C24H38N2O4/c1-18-10-21(13-24(2,3)12-18)28-16-20(27)15-26-8-6-25(7-9-26)14-19-4-5-22-23(11-19)30-17-29-22/h4-5,11,18,20-21,27H,6-10,12-17H2,1-3H3/t18-,20-,21-/m1/s1. The van der Waals surface area contributed by atoms with E-state index in [0.29, 0.717) is 31.3 Å². The topological polar surface area (TPSA) is 54.4 Å². The van der Waals surface area contributed by atoms with Gasteiger partial charge in [0.2, 0.25) is 6.79 Å². The van der Waals surface area contributed by atoms with Gasteiger partial charge in [-0.1, -0.05) is 26.8 Å². The molecule has 2 heterocycles. The van der Waals surface area contributed by atoms with E-state index in [-0.39, 0.29) is 6.10 Å². The molecule has 0 spiro atoms. The van der Waals surface area contributed by atoms with Crippen LogP contribution >= 0.6 is 0 Å². The second kappa shape index (κ2) is 9.43. The van der Waals surface area contributed by atoms with E-state index in [2.05, 4.69) is 42.7 Å². The smallest absolute Gasteiger partial charge is 0.231 e. The molecule has 0 bridgehead atoms. The first kappa shape index (κ1) is 21.9. The van der Waals surface area contributed by atoms with Crippen molar-refractivity contribution in [2.75, 3.05) is 46.1 Å². The van der Waals surface area contributed by atoms with Crippen LogP contribution in [0, 0.1) is 11.3 Å². The Morgan fingerprint density at radius 3 is 2.60 bits per heavy atom. The average molecular weight is 419 g/mol. The molecule has 1 aromatic rings. The van der Waals surface area contributed by atoms with E-state index in [1.807, 2.05) is 6.07 Å². The molecule has 0 radical (unpaired) electrons. The lowest BCUT2D eigenvalue weighted by molar-refractivity contribution is -0.0634. The van der Waals surface area contributed by atoms with Crippen LogP contribution in [-0.2, 0) is 11.3 Å². The summed E-state index contributed by atoms with van der Waals surface area (Å²) in [6.45, 7) is 13.4. The van der Waals surface area contributed by atoms with Crippen LogP contribution in [0.1, 0.15) is 45.6 Å². The summed E-state index contributed by atoms with van der Waals surface area (Å²) in [4.78, 5) is 4.82. The first-order valence-corrected chi connectivity index (χ1v) is 11.5. The molecule has 4 rings (SSSR count). The predicted molar refractivity (Wildman–Crippen MR) is 117 cm³/mol. The zero-order valence-corrected chi connectivity index (χ0v) is 18.8. The molecule has 6 heteroatoms. The minimum Gasteiger partial charge on any atom is -0.454 e. The molecule has 0 aromatic heterocycles. The maximum absolute atomic E-state index is 10.5. The Hall–Kier alpha value is -1.34. The van der Waals surface area contributed by atoms with Gasteiger partial charge in [-0.2, -0.15) is 0 Å². The van der Waals surface area contributed by atoms with E-state index in [9.17, 15) is 5.11 Å². The molecule has 1 N–H and O–H groups in total. The highest BCUT2D eigenvalue weighted by molar-refractivity contribution is 5.44. The number of aliphatic hydroxyl groups is 1. The molecule has 168 valence electrons. The van der Waals surface area contributed by atoms with Crippen molar-refractivity contribution in [2.24, 2.45) is 11.3 Å². The molecular formula is C24H38N2O4. The lowest BCUT2D eigenvalue weighted by Gasteiger charge is -2.39. The number of benzene rings is 1. The zero-order valence-electron chi connectivity index (χ0n) is 18.8. The van der Waals surface area contributed by atoms with Gasteiger partial charge in [-0.15, -0.1) is 0 Å². The van der Waals surface area contributed by atoms with E-state index >= 15 is 0 Å². The quantitative estimate of drug-likeness (QED) is 0.734. The molecule has 1 saturated heterocycles. The maximum atomic E-state index is 10.5. The Morgan fingerprint density at radius 1 is 1.10 bits per heavy atom. The fourth-order valence-corrected chi connectivity index (χ4v) is 5.41. The van der Waals surface area contributed by atoms with Gasteiger partial charge in [0.15, 0.2) is 11.5 Å². The first-order valence-electron chi connectivity index (χ1n) is 11.5. The largest absolute Gasteiger partial charge is 0.454 e. The van der Waals surface area contributed by atoms with Crippen LogP contribution in [0.4, 0.5) is 0 Å². The van der Waals surface area contributed by atoms with Gasteiger partial charge in [-0.25, -0.2) is 0 Å². The van der Waals surface area contributed by atoms with Gasteiger partial charge in [-0.3, -0.25) is 9.80 Å². The molecule has 3 aliphatic rings. The van der Waals surface area contributed by atoms with Crippen molar-refractivity contribution in [2.45, 2.75) is 58.8 Å². The van der Waals surface area contributed by atoms with Gasteiger partial charge in [0.25, 0.3) is 0 Å². The van der Waals surface area contributed by atoms with Crippen molar-refractivity contribution >= 4 is 0 Å². The van der Waals surface area contributed by atoms with Crippen LogP contribution in [-0.4, -0.2) is 73.2 Å². The van der Waals surface area contributed by atoms with Gasteiger partial charge in [0, 0.05) is 39.3 Å². The zero-order chi connectivity index (χ0) is 21.1. The van der Waals surface area contributed by atoms with E-state index in [4.69, 9.17) is 14.2 Å². The summed E-state index contributed by atoms with van der Waals surface area (Å²) >= 11 is 0. The highest BCUT2D eigenvalue weighted by Crippen LogP contribution is 2.39. The average Bonchev–Trinajstić information content (AvgIpc) is 3.14. The molecule has 1 aromatic carbocycles. The van der Waals surface area contributed by atoms with Crippen LogP contribution in [0.25, 0.3) is 0 Å². The number of β-amino-alcohol motifs (C(OH)–C–C–N with tert-alkyl or cyclic N) is 1. The number of rotatable bonds is 7. The van der Waals surface area contributed by atoms with Crippen molar-refractivity contribution < 1.29 is 19.3 Å². The van der Waals surface area contributed by atoms with Crippen LogP contribution in [0.3, 0.4) is 0 Å². The van der Waals surface area contributed by atoms with Crippen LogP contribution in [0.2, 0.25) is 0 Å². The third-order valence-electron chi connectivity index (χ3n) is 6.65. The number of aliphatic hydroxyl groups excluding tert-OH is 1. The van der Waals surface area contributed by atoms with E-state index in [0.717, 1.165) is 57.1 Å². The molecule has 0 amide bonds. The first-order chi connectivity index (χ1) is 14.4. The summed E-state index contributed by atoms with van der Waals surface area (Å²) in [5.74, 6) is 2.39. The van der Waals surface area contributed by atoms with Crippen molar-refractivity contribution in [3.63, 3.8) is 0 Å². The van der Waals surface area contributed by atoms with E-state index in [1.54, 1.807) is 0 Å². The SMILES string of the molecule is C[C@@H]1C[C@@H](OC[C@H](O)CN2CCN(Cc3ccc4c(c3)OCO4)CC2)CC(C)(C)C1. The highest BCUT2D eigenvalue weighted by atomic mass is 16.7. The van der Waals surface area contributed by atoms with Crippen LogP contribution in [0.15, 0.2) is 18.2 Å². The third kappa shape index (κ3) is 5.88. The highest BCUT2D eigenvalue weighted by Gasteiger charge is 2.33. The van der Waals surface area contributed by atoms with Crippen LogP contribution < -0.4 is 9.47 Å². The Bertz CT molecular complexity index is 702. The maximum Gasteiger partial charge on any atom is 0.231 e. The summed E-state index contributed by atoms with van der Waals surface area (Å²) in [7, 11) is 0. The van der Waals surface area contributed by atoms with Gasteiger partial charge in [0.1, 0.15) is 0 Å². The Labute approximate surface area is 181 Å². The number of fused-ring (bicyclic) bond motifs is 1. The number of piperazine rings is 1. The van der Waals surface area contributed by atoms with E-state index < -0.39 is 6.10 Å². The van der Waals surface area contributed by atoms with E-state index in [1.165, 1.54) is 12.0 Å². The molecule has 6 nitrogen and oxygen atoms in total. The van der Waals surface area contributed by atoms with Gasteiger partial charge < -0.3 is 19.3 Å². The molecule has 0 unspecified atom stereocenters. The molecule has 30 heavy (non-hydrogen) atoms. The summed E-state index contributed by atoms with van der Waals surface area (Å²) < 4.78 is 17.0. The van der Waals surface area contributed by atoms with Crippen molar-refractivity contribution in [3.8, 4) is 11.5 Å². The summed E-state index contributed by atoms with van der Waals surface area (Å²) in [6.07, 6.45) is 3.37. The number of hydrogen-bond acceptors (Lipinski definition) is 6. The second-order valence-electron chi connectivity index (χ2n) is 10.3. The Morgan fingerprint density at radius 2 is 1.83 bits per heavy atom. The summed E-state index contributed by atoms with van der Waals surface area (Å²) in [5.41, 5.74) is 1.60. The molecule has 1 saturated carbocycles. The molecule has 3 atom stereocenters. The number of ether oxygens (including phenoxy) is 3. The fourth-order valence-electron chi connectivity index (χ4n) is 5.41. The fraction of sp³-hybridized carbons (Fsp3) is 0.750. The minimum atomic E-state index is -0.411. The van der Waals surface area contributed by atoms with Crippen molar-refractivity contribution in [3.05, 3.63) is 23.8 Å². The molecular weight excluding hydrogens is 380 g/mol. The molecule has 1 aliphatic carbocycles. The van der Waals surface area contributed by atoms with Gasteiger partial charge in [-0.05, 0) is 48.3 Å². The molecule has 2 fully saturated rings. The van der Waals surface area contributed by atoms with Crippen LogP contribution in [0.5, 0.6) is 11.5 Å². The monoisotopic (exact) mass is 418 g/mol. The Balaban J connectivity index is 1.16. The molecule has 2 aliphatic heterocycles. The summed E-state index contributed by atoms with van der Waals surface area (Å²) in [6, 6.07) is 6.20. The second-order valence-corrected chi connectivity index (χ2v) is 10.3. The normalized spacial score (nSPS) is 27.9. The Kier molecular flexibility index (Phi) is 6.88. The van der Waals surface area contributed by atoms with Gasteiger partial charge >= 0.3 is 0 Å². The van der Waals surface area contributed by atoms with Crippen molar-refractivity contribution in [1.29, 1.82) is 0 Å². The number of nitrogens with zero attached hydrogens (tertiary/aromatic N) is 2. The van der Waals surface area contributed by atoms with Crippen molar-refractivity contribution in [1.82, 2.24) is 9.80 Å². The lowest BCUT2D eigenvalue weighted by Crippen LogP contribution is -2.48. The predicted octanol–water partition coefficient (Wildman–Crippen LogP) is 3.13. The lowest BCUT2D eigenvalue weighted by atomic mass is 9.71. The minimum absolute atomic E-state index is 0.289.